The minimum Gasteiger partial charge on any atom is -0.481 e. The Hall–Kier alpha value is -3.42. The summed E-state index contributed by atoms with van der Waals surface area (Å²) in [7, 11) is 0. The molecule has 0 aliphatic rings. The largest absolute Gasteiger partial charge is 0.481 e. The maximum Gasteiger partial charge on any atom is 0.279 e. The van der Waals surface area contributed by atoms with Gasteiger partial charge >= 0.3 is 0 Å². The van der Waals surface area contributed by atoms with Gasteiger partial charge in [0.2, 0.25) is 0 Å². The van der Waals surface area contributed by atoms with Gasteiger partial charge in [-0.15, -0.1) is 0 Å². The van der Waals surface area contributed by atoms with Gasteiger partial charge in [-0.25, -0.2) is 4.39 Å². The first-order chi connectivity index (χ1) is 12.5. The number of hydrogen-bond acceptors (Lipinski definition) is 4. The fraction of sp³-hybridized carbons (Fsp3) is 0.167. The van der Waals surface area contributed by atoms with Crippen LogP contribution in [0, 0.1) is 5.82 Å². The second-order valence-corrected chi connectivity index (χ2v) is 5.30. The van der Waals surface area contributed by atoms with Crippen molar-refractivity contribution in [2.75, 3.05) is 6.54 Å². The molecule has 0 aliphatic carbocycles. The Balaban J connectivity index is 1.71. The number of halogens is 1. The molecule has 0 aliphatic heterocycles. The van der Waals surface area contributed by atoms with Crippen molar-refractivity contribution in [2.24, 2.45) is 0 Å². The Morgan fingerprint density at radius 3 is 2.31 bits per heavy atom. The number of hydrazine groups is 1. The van der Waals surface area contributed by atoms with Crippen LogP contribution in [0.1, 0.15) is 17.3 Å². The summed E-state index contributed by atoms with van der Waals surface area (Å²) in [4.78, 5) is 35.3. The van der Waals surface area contributed by atoms with E-state index in [2.05, 4.69) is 16.2 Å². The van der Waals surface area contributed by atoms with Crippen molar-refractivity contribution >= 4 is 17.7 Å². The zero-order valence-electron chi connectivity index (χ0n) is 14.0. The van der Waals surface area contributed by atoms with Gasteiger partial charge in [-0.2, -0.15) is 0 Å². The summed E-state index contributed by atoms with van der Waals surface area (Å²) < 4.78 is 18.1. The summed E-state index contributed by atoms with van der Waals surface area (Å²) in [6, 6.07) is 13.6. The molecule has 0 saturated carbocycles. The Morgan fingerprint density at radius 2 is 1.65 bits per heavy atom. The van der Waals surface area contributed by atoms with E-state index in [1.54, 1.807) is 30.3 Å². The molecule has 3 amide bonds. The molecule has 0 fully saturated rings. The van der Waals surface area contributed by atoms with E-state index in [1.807, 2.05) is 0 Å². The second kappa shape index (κ2) is 9.16. The number of nitrogens with one attached hydrogen (secondary N) is 3. The molecular formula is C18H18FN3O4. The summed E-state index contributed by atoms with van der Waals surface area (Å²) in [6.45, 7) is 1.17. The summed E-state index contributed by atoms with van der Waals surface area (Å²) in [5, 5.41) is 2.43. The van der Waals surface area contributed by atoms with E-state index in [0.29, 0.717) is 11.3 Å². The summed E-state index contributed by atoms with van der Waals surface area (Å²) in [6.07, 6.45) is -0.917. The van der Waals surface area contributed by atoms with Crippen molar-refractivity contribution in [3.05, 3.63) is 66.0 Å². The van der Waals surface area contributed by atoms with Crippen LogP contribution in [0.4, 0.5) is 4.39 Å². The topological polar surface area (TPSA) is 96.5 Å². The zero-order chi connectivity index (χ0) is 18.9. The molecule has 2 rings (SSSR count). The van der Waals surface area contributed by atoms with Crippen LogP contribution in [-0.2, 0) is 9.59 Å². The average molecular weight is 359 g/mol. The first-order valence-electron chi connectivity index (χ1n) is 7.80. The van der Waals surface area contributed by atoms with Crippen LogP contribution in [0.3, 0.4) is 0 Å². The first kappa shape index (κ1) is 18.9. The minimum atomic E-state index is -0.917. The van der Waals surface area contributed by atoms with Crippen LogP contribution in [0.25, 0.3) is 0 Å². The summed E-state index contributed by atoms with van der Waals surface area (Å²) >= 11 is 0. The van der Waals surface area contributed by atoms with Crippen molar-refractivity contribution in [1.82, 2.24) is 16.2 Å². The lowest BCUT2D eigenvalue weighted by atomic mass is 10.2. The maximum atomic E-state index is 12.8. The molecule has 0 unspecified atom stereocenters. The third-order valence-electron chi connectivity index (χ3n) is 3.27. The van der Waals surface area contributed by atoms with Crippen LogP contribution in [0.5, 0.6) is 5.75 Å². The molecule has 0 aromatic heterocycles. The minimum absolute atomic E-state index is 0.304. The molecule has 0 heterocycles. The van der Waals surface area contributed by atoms with Gasteiger partial charge in [-0.05, 0) is 43.3 Å². The van der Waals surface area contributed by atoms with E-state index in [9.17, 15) is 18.8 Å². The highest BCUT2D eigenvalue weighted by molar-refractivity contribution is 5.96. The van der Waals surface area contributed by atoms with E-state index < -0.39 is 29.6 Å². The van der Waals surface area contributed by atoms with E-state index >= 15 is 0 Å². The summed E-state index contributed by atoms with van der Waals surface area (Å²) in [5.74, 6) is -1.71. The molecule has 3 N–H and O–H groups in total. The number of benzene rings is 2. The van der Waals surface area contributed by atoms with E-state index in [4.69, 9.17) is 4.74 Å². The van der Waals surface area contributed by atoms with Gasteiger partial charge in [-0.1, -0.05) is 18.2 Å². The van der Waals surface area contributed by atoms with E-state index in [-0.39, 0.29) is 6.54 Å². The number of ether oxygens (including phenoxy) is 1. The van der Waals surface area contributed by atoms with Crippen LogP contribution in [-0.4, -0.2) is 30.4 Å². The number of carbonyl (C=O) groups is 3. The molecule has 0 radical (unpaired) electrons. The van der Waals surface area contributed by atoms with Gasteiger partial charge in [0.25, 0.3) is 17.7 Å². The molecule has 136 valence electrons. The van der Waals surface area contributed by atoms with Crippen LogP contribution in [0.2, 0.25) is 0 Å². The fourth-order valence-corrected chi connectivity index (χ4v) is 1.90. The molecule has 26 heavy (non-hydrogen) atoms. The van der Waals surface area contributed by atoms with Gasteiger partial charge in [-0.3, -0.25) is 25.2 Å². The molecule has 0 bridgehead atoms. The highest BCUT2D eigenvalue weighted by Gasteiger charge is 2.15. The zero-order valence-corrected chi connectivity index (χ0v) is 14.0. The van der Waals surface area contributed by atoms with Gasteiger partial charge in [0.1, 0.15) is 11.6 Å². The quantitative estimate of drug-likeness (QED) is 0.675. The Bertz CT molecular complexity index is 766. The number of amides is 3. The monoisotopic (exact) mass is 359 g/mol. The molecule has 2 aromatic rings. The molecule has 1 atom stereocenters. The predicted molar refractivity (Wildman–Crippen MR) is 91.6 cm³/mol. The van der Waals surface area contributed by atoms with E-state index in [1.165, 1.54) is 31.2 Å². The van der Waals surface area contributed by atoms with Crippen molar-refractivity contribution in [3.63, 3.8) is 0 Å². The van der Waals surface area contributed by atoms with Crippen molar-refractivity contribution in [1.29, 1.82) is 0 Å². The Kier molecular flexibility index (Phi) is 6.67. The van der Waals surface area contributed by atoms with Crippen molar-refractivity contribution < 1.29 is 23.5 Å². The standard InChI is InChI=1S/C18H18FN3O4/c1-12(26-15-9-7-14(19)8-10-15)17(24)22-21-16(23)11-20-18(25)13-5-3-2-4-6-13/h2-10,12H,11H2,1H3,(H,20,25)(H,21,23)(H,22,24)/t12-/m0/s1. The molecule has 2 aromatic carbocycles. The number of hydrogen-bond donors (Lipinski definition) is 3. The molecule has 8 heteroatoms. The third kappa shape index (κ3) is 5.90. The molecule has 0 spiro atoms. The number of carbonyl (C=O) groups excluding carboxylic acids is 3. The smallest absolute Gasteiger partial charge is 0.279 e. The van der Waals surface area contributed by atoms with Gasteiger partial charge < -0.3 is 10.1 Å². The lowest BCUT2D eigenvalue weighted by Crippen LogP contribution is -2.50. The maximum absolute atomic E-state index is 12.8. The molecule has 0 saturated heterocycles. The van der Waals surface area contributed by atoms with Crippen LogP contribution >= 0.6 is 0 Å². The van der Waals surface area contributed by atoms with Gasteiger partial charge in [0, 0.05) is 5.56 Å². The van der Waals surface area contributed by atoms with Crippen LogP contribution in [0.15, 0.2) is 54.6 Å². The molecular weight excluding hydrogens is 341 g/mol. The lowest BCUT2D eigenvalue weighted by Gasteiger charge is -2.15. The van der Waals surface area contributed by atoms with Gasteiger partial charge in [0.15, 0.2) is 6.10 Å². The van der Waals surface area contributed by atoms with Crippen LogP contribution < -0.4 is 20.9 Å². The highest BCUT2D eigenvalue weighted by atomic mass is 19.1. The van der Waals surface area contributed by atoms with E-state index in [0.717, 1.165) is 0 Å². The van der Waals surface area contributed by atoms with Crippen molar-refractivity contribution in [2.45, 2.75) is 13.0 Å². The highest BCUT2D eigenvalue weighted by Crippen LogP contribution is 2.12. The third-order valence-corrected chi connectivity index (χ3v) is 3.27. The normalized spacial score (nSPS) is 11.2. The molecule has 7 nitrogen and oxygen atoms in total. The Morgan fingerprint density at radius 1 is 1.00 bits per heavy atom. The average Bonchev–Trinajstić information content (AvgIpc) is 2.66. The fourth-order valence-electron chi connectivity index (χ4n) is 1.90. The lowest BCUT2D eigenvalue weighted by molar-refractivity contribution is -0.132. The number of rotatable bonds is 6. The first-order valence-corrected chi connectivity index (χ1v) is 7.80. The second-order valence-electron chi connectivity index (χ2n) is 5.30. The predicted octanol–water partition coefficient (Wildman–Crippen LogP) is 1.17. The Labute approximate surface area is 149 Å². The van der Waals surface area contributed by atoms with Gasteiger partial charge in [0.05, 0.1) is 6.54 Å². The summed E-state index contributed by atoms with van der Waals surface area (Å²) in [5.41, 5.74) is 4.78. The SMILES string of the molecule is C[C@H](Oc1ccc(F)cc1)C(=O)NNC(=O)CNC(=O)c1ccccc1. The van der Waals surface area contributed by atoms with Crippen molar-refractivity contribution in [3.8, 4) is 5.75 Å².